The summed E-state index contributed by atoms with van der Waals surface area (Å²) in [5.74, 6) is -0.101. The summed E-state index contributed by atoms with van der Waals surface area (Å²) in [5.41, 5.74) is -1.12. The van der Waals surface area contributed by atoms with E-state index in [1.807, 2.05) is 13.8 Å². The molecule has 2 saturated carbocycles. The minimum Gasteiger partial charge on any atom is -0.412 e. The molecule has 2 fully saturated rings. The molecule has 0 radical (unpaired) electrons. The lowest BCUT2D eigenvalue weighted by Crippen LogP contribution is -2.42. The van der Waals surface area contributed by atoms with Crippen molar-refractivity contribution in [1.82, 2.24) is 0 Å². The molecule has 2 aliphatic rings. The maximum Gasteiger partial charge on any atom is 0.265 e. The van der Waals surface area contributed by atoms with Crippen LogP contribution in [0.4, 0.5) is 0 Å². The highest BCUT2D eigenvalue weighted by atomic mass is 32.2. The van der Waals surface area contributed by atoms with Crippen LogP contribution in [0.1, 0.15) is 33.1 Å². The van der Waals surface area contributed by atoms with Gasteiger partial charge in [0.05, 0.1) is 11.2 Å². The van der Waals surface area contributed by atoms with Gasteiger partial charge in [0.25, 0.3) is 10.1 Å². The molecular formula is C10H18O5S. The number of fused-ring (bicyclic) bond motifs is 2. The second-order valence-electron chi connectivity index (χ2n) is 5.39. The van der Waals surface area contributed by atoms with Crippen LogP contribution in [-0.2, 0) is 14.9 Å². The summed E-state index contributed by atoms with van der Waals surface area (Å²) in [4.78, 5) is 11.9. The molecular weight excluding hydrogens is 232 g/mol. The van der Waals surface area contributed by atoms with Crippen molar-refractivity contribution in [3.8, 4) is 0 Å². The average Bonchev–Trinajstić information content (AvgIpc) is 2.34. The molecule has 5 nitrogen and oxygen atoms in total. The molecule has 94 valence electrons. The maximum atomic E-state index is 11.9. The van der Waals surface area contributed by atoms with Crippen LogP contribution in [-0.4, -0.2) is 30.0 Å². The standard InChI is InChI=1S/C10H16O4S.H2O/c1-9(2)7-3-4-10(9,8(11)5-7)6-15(12,13)14;/h7H,3-6H2,1-2H3,(H,12,13,14);1H2/t7?,10-;/m0./s1. The van der Waals surface area contributed by atoms with Crippen molar-refractivity contribution in [2.75, 3.05) is 5.75 Å². The Balaban J connectivity index is 0.00000128. The Morgan fingerprint density at radius 2 is 2.00 bits per heavy atom. The lowest BCUT2D eigenvalue weighted by atomic mass is 9.70. The summed E-state index contributed by atoms with van der Waals surface area (Å²) in [7, 11) is -4.08. The quantitative estimate of drug-likeness (QED) is 0.718. The molecule has 0 heterocycles. The Morgan fingerprint density at radius 1 is 1.44 bits per heavy atom. The average molecular weight is 250 g/mol. The third-order valence-corrected chi connectivity index (χ3v) is 5.43. The summed E-state index contributed by atoms with van der Waals surface area (Å²) < 4.78 is 31.0. The zero-order chi connectivity index (χ0) is 11.5. The summed E-state index contributed by atoms with van der Waals surface area (Å²) >= 11 is 0. The highest BCUT2D eigenvalue weighted by Crippen LogP contribution is 2.64. The lowest BCUT2D eigenvalue weighted by Gasteiger charge is -2.35. The first-order chi connectivity index (χ1) is 6.69. The van der Waals surface area contributed by atoms with E-state index in [4.69, 9.17) is 4.55 Å². The van der Waals surface area contributed by atoms with E-state index in [-0.39, 0.29) is 22.6 Å². The predicted octanol–water partition coefficient (Wildman–Crippen LogP) is 0.445. The molecule has 0 aliphatic heterocycles. The van der Waals surface area contributed by atoms with Gasteiger partial charge in [-0.25, -0.2) is 0 Å². The fourth-order valence-electron chi connectivity index (χ4n) is 3.42. The molecule has 2 aliphatic carbocycles. The Labute approximate surface area is 95.3 Å². The molecule has 2 rings (SSSR count). The van der Waals surface area contributed by atoms with E-state index in [0.717, 1.165) is 6.42 Å². The van der Waals surface area contributed by atoms with Gasteiger partial charge >= 0.3 is 0 Å². The highest BCUT2D eigenvalue weighted by molar-refractivity contribution is 7.85. The highest BCUT2D eigenvalue weighted by Gasteiger charge is 2.65. The van der Waals surface area contributed by atoms with Crippen molar-refractivity contribution in [1.29, 1.82) is 0 Å². The number of hydrogen-bond donors (Lipinski definition) is 1. The fourth-order valence-corrected chi connectivity index (χ4v) is 4.72. The van der Waals surface area contributed by atoms with Gasteiger partial charge in [0.2, 0.25) is 0 Å². The first-order valence-corrected chi connectivity index (χ1v) is 6.78. The van der Waals surface area contributed by atoms with E-state index in [2.05, 4.69) is 0 Å². The first kappa shape index (κ1) is 13.6. The van der Waals surface area contributed by atoms with E-state index < -0.39 is 21.3 Å². The Kier molecular flexibility index (Phi) is 2.99. The zero-order valence-electron chi connectivity index (χ0n) is 9.49. The number of ketones is 1. The van der Waals surface area contributed by atoms with Gasteiger partial charge in [-0.1, -0.05) is 13.8 Å². The minimum atomic E-state index is -4.08. The van der Waals surface area contributed by atoms with Gasteiger partial charge < -0.3 is 5.48 Å². The summed E-state index contributed by atoms with van der Waals surface area (Å²) in [6.45, 7) is 3.89. The number of carbonyl (C=O) groups is 1. The van der Waals surface area contributed by atoms with E-state index in [1.165, 1.54) is 0 Å². The van der Waals surface area contributed by atoms with Crippen molar-refractivity contribution in [2.45, 2.75) is 33.1 Å². The van der Waals surface area contributed by atoms with Gasteiger partial charge in [-0.05, 0) is 24.2 Å². The number of rotatable bonds is 2. The van der Waals surface area contributed by atoms with Gasteiger partial charge in [-0.15, -0.1) is 0 Å². The number of Topliss-reactive ketones (excluding diaryl/α,β-unsaturated/α-hetero) is 1. The zero-order valence-corrected chi connectivity index (χ0v) is 10.3. The van der Waals surface area contributed by atoms with Crippen LogP contribution < -0.4 is 0 Å². The Bertz CT molecular complexity index is 411. The van der Waals surface area contributed by atoms with Gasteiger partial charge in [0.15, 0.2) is 0 Å². The maximum absolute atomic E-state index is 11.9. The van der Waals surface area contributed by atoms with Crippen LogP contribution in [0.3, 0.4) is 0 Å². The van der Waals surface area contributed by atoms with Crippen LogP contribution in [0, 0.1) is 16.7 Å². The van der Waals surface area contributed by atoms with Crippen molar-refractivity contribution in [3.05, 3.63) is 0 Å². The summed E-state index contributed by atoms with van der Waals surface area (Å²) in [6, 6.07) is 0. The molecule has 0 spiro atoms. The number of carbonyl (C=O) groups excluding carboxylic acids is 1. The summed E-state index contributed by atoms with van der Waals surface area (Å²) in [5, 5.41) is 0. The van der Waals surface area contributed by atoms with Crippen molar-refractivity contribution < 1.29 is 23.2 Å². The predicted molar refractivity (Wildman–Crippen MR) is 58.6 cm³/mol. The van der Waals surface area contributed by atoms with Crippen LogP contribution >= 0.6 is 0 Å². The third-order valence-electron chi connectivity index (χ3n) is 4.57. The van der Waals surface area contributed by atoms with E-state index in [0.29, 0.717) is 12.8 Å². The van der Waals surface area contributed by atoms with E-state index in [1.54, 1.807) is 0 Å². The molecule has 0 saturated heterocycles. The SMILES string of the molecule is CC1(C)C2CC[C@]1(CS(=O)(=O)O)C(=O)C2.O. The third kappa shape index (κ3) is 1.59. The molecule has 0 amide bonds. The van der Waals surface area contributed by atoms with Crippen molar-refractivity contribution >= 4 is 15.9 Å². The molecule has 0 aromatic heterocycles. The van der Waals surface area contributed by atoms with Crippen molar-refractivity contribution in [2.24, 2.45) is 16.7 Å². The molecule has 0 aromatic carbocycles. The Morgan fingerprint density at radius 3 is 2.31 bits per heavy atom. The van der Waals surface area contributed by atoms with Crippen LogP contribution in [0.15, 0.2) is 0 Å². The van der Waals surface area contributed by atoms with E-state index in [9.17, 15) is 13.2 Å². The molecule has 2 bridgehead atoms. The summed E-state index contributed by atoms with van der Waals surface area (Å²) in [6.07, 6.45) is 1.97. The van der Waals surface area contributed by atoms with Crippen LogP contribution in [0.2, 0.25) is 0 Å². The van der Waals surface area contributed by atoms with Gasteiger partial charge in [-0.2, -0.15) is 8.42 Å². The van der Waals surface area contributed by atoms with Crippen LogP contribution in [0.25, 0.3) is 0 Å². The second kappa shape index (κ2) is 3.51. The normalized spacial score (nSPS) is 36.2. The molecule has 0 aromatic rings. The molecule has 1 unspecified atom stereocenters. The molecule has 3 N–H and O–H groups in total. The Hall–Kier alpha value is -0.460. The molecule has 16 heavy (non-hydrogen) atoms. The monoisotopic (exact) mass is 250 g/mol. The second-order valence-corrected chi connectivity index (χ2v) is 6.85. The van der Waals surface area contributed by atoms with Crippen LogP contribution in [0.5, 0.6) is 0 Å². The van der Waals surface area contributed by atoms with Gasteiger partial charge in [0, 0.05) is 6.42 Å². The minimum absolute atomic E-state index is 0. The van der Waals surface area contributed by atoms with E-state index >= 15 is 0 Å². The van der Waals surface area contributed by atoms with Gasteiger partial charge in [-0.3, -0.25) is 9.35 Å². The molecule has 2 atom stereocenters. The smallest absolute Gasteiger partial charge is 0.265 e. The first-order valence-electron chi connectivity index (χ1n) is 5.17. The fraction of sp³-hybridized carbons (Fsp3) is 0.900. The van der Waals surface area contributed by atoms with Gasteiger partial charge in [0.1, 0.15) is 5.78 Å². The lowest BCUT2D eigenvalue weighted by molar-refractivity contribution is -0.128. The largest absolute Gasteiger partial charge is 0.412 e. The number of hydrogen-bond acceptors (Lipinski definition) is 3. The molecule has 6 heteroatoms. The van der Waals surface area contributed by atoms with Crippen molar-refractivity contribution in [3.63, 3.8) is 0 Å². The topological polar surface area (TPSA) is 103 Å².